The van der Waals surface area contributed by atoms with Gasteiger partial charge < -0.3 is 18.9 Å². The molecular formula is C32H29BrN2O7S. The molecule has 0 N–H and O–H groups in total. The molecule has 0 bridgehead atoms. The Kier molecular flexibility index (Phi) is 9.12. The highest BCUT2D eigenvalue weighted by Crippen LogP contribution is 2.35. The van der Waals surface area contributed by atoms with E-state index in [1.165, 1.54) is 15.9 Å². The third-order valence-corrected chi connectivity index (χ3v) is 8.47. The molecule has 0 aliphatic carbocycles. The number of thiazole rings is 1. The SMILES string of the molecule is CCOC(=O)COc1ccc2ccccc2c1/C=c1\sc2n(c1=O)C(c1ccc(OC)c(Br)c1)C(C(=O)OCC)=C(C)N=2. The number of hydrogen-bond acceptors (Lipinski definition) is 9. The minimum absolute atomic E-state index is 0.175. The van der Waals surface area contributed by atoms with Crippen molar-refractivity contribution in [2.45, 2.75) is 26.8 Å². The van der Waals surface area contributed by atoms with Gasteiger partial charge in [0.15, 0.2) is 11.4 Å². The van der Waals surface area contributed by atoms with E-state index in [-0.39, 0.29) is 31.0 Å². The Hall–Kier alpha value is -4.22. The molecule has 0 radical (unpaired) electrons. The molecule has 9 nitrogen and oxygen atoms in total. The predicted molar refractivity (Wildman–Crippen MR) is 167 cm³/mol. The van der Waals surface area contributed by atoms with Crippen LogP contribution in [0, 0.1) is 0 Å². The van der Waals surface area contributed by atoms with Crippen molar-refractivity contribution in [3.8, 4) is 11.5 Å². The molecule has 0 saturated heterocycles. The Bertz CT molecular complexity index is 1940. The van der Waals surface area contributed by atoms with Gasteiger partial charge in [-0.05, 0) is 77.3 Å². The van der Waals surface area contributed by atoms with Crippen molar-refractivity contribution in [1.29, 1.82) is 0 Å². The summed E-state index contributed by atoms with van der Waals surface area (Å²) in [6.45, 7) is 5.34. The van der Waals surface area contributed by atoms with E-state index in [0.717, 1.165) is 10.8 Å². The third-order valence-electron chi connectivity index (χ3n) is 6.87. The lowest BCUT2D eigenvalue weighted by atomic mass is 9.96. The lowest BCUT2D eigenvalue weighted by Crippen LogP contribution is -2.40. The molecule has 5 rings (SSSR count). The molecule has 1 aliphatic rings. The number of methoxy groups -OCH3 is 1. The molecule has 43 heavy (non-hydrogen) atoms. The van der Waals surface area contributed by atoms with Gasteiger partial charge in [0.2, 0.25) is 0 Å². The first-order valence-electron chi connectivity index (χ1n) is 13.6. The molecule has 3 aromatic carbocycles. The summed E-state index contributed by atoms with van der Waals surface area (Å²) in [6, 6.07) is 16.0. The van der Waals surface area contributed by atoms with Crippen molar-refractivity contribution in [2.24, 2.45) is 4.99 Å². The zero-order valence-corrected chi connectivity index (χ0v) is 26.4. The molecule has 1 aliphatic heterocycles. The second kappa shape index (κ2) is 13.0. The number of allylic oxidation sites excluding steroid dienone is 1. The van der Waals surface area contributed by atoms with E-state index in [9.17, 15) is 14.4 Å². The number of nitrogens with zero attached hydrogens (tertiary/aromatic N) is 2. The maximum absolute atomic E-state index is 14.2. The zero-order chi connectivity index (χ0) is 30.7. The molecule has 222 valence electrons. The monoisotopic (exact) mass is 664 g/mol. The molecule has 1 aromatic heterocycles. The van der Waals surface area contributed by atoms with Crippen LogP contribution < -0.4 is 24.4 Å². The van der Waals surface area contributed by atoms with Gasteiger partial charge in [0.05, 0.1) is 46.6 Å². The van der Waals surface area contributed by atoms with E-state index in [0.29, 0.717) is 42.1 Å². The smallest absolute Gasteiger partial charge is 0.344 e. The van der Waals surface area contributed by atoms with Crippen LogP contribution in [0.2, 0.25) is 0 Å². The van der Waals surface area contributed by atoms with Gasteiger partial charge in [-0.2, -0.15) is 0 Å². The van der Waals surface area contributed by atoms with Gasteiger partial charge in [-0.3, -0.25) is 9.36 Å². The summed E-state index contributed by atoms with van der Waals surface area (Å²) in [5, 5.41) is 1.78. The molecule has 0 amide bonds. The Balaban J connectivity index is 1.72. The van der Waals surface area contributed by atoms with Crippen molar-refractivity contribution in [3.05, 3.63) is 101 Å². The van der Waals surface area contributed by atoms with Crippen LogP contribution in [0.4, 0.5) is 0 Å². The quantitative estimate of drug-likeness (QED) is 0.240. The number of esters is 2. The fourth-order valence-corrected chi connectivity index (χ4v) is 6.57. The van der Waals surface area contributed by atoms with Crippen LogP contribution in [0.1, 0.15) is 37.9 Å². The molecular weight excluding hydrogens is 636 g/mol. The largest absolute Gasteiger partial charge is 0.496 e. The lowest BCUT2D eigenvalue weighted by Gasteiger charge is -2.25. The number of halogens is 1. The maximum Gasteiger partial charge on any atom is 0.344 e. The number of carbonyl (C=O) groups excluding carboxylic acids is 2. The van der Waals surface area contributed by atoms with Crippen LogP contribution in [0.3, 0.4) is 0 Å². The Labute approximate surface area is 259 Å². The third kappa shape index (κ3) is 6.00. The molecule has 0 fully saturated rings. The number of fused-ring (bicyclic) bond motifs is 2. The number of aromatic nitrogens is 1. The lowest BCUT2D eigenvalue weighted by molar-refractivity contribution is -0.145. The van der Waals surface area contributed by atoms with Crippen molar-refractivity contribution in [3.63, 3.8) is 0 Å². The molecule has 1 atom stereocenters. The summed E-state index contributed by atoms with van der Waals surface area (Å²) in [6.07, 6.45) is 1.75. The van der Waals surface area contributed by atoms with Gasteiger partial charge in [-0.1, -0.05) is 47.7 Å². The zero-order valence-electron chi connectivity index (χ0n) is 24.0. The molecule has 2 heterocycles. The van der Waals surface area contributed by atoms with Crippen molar-refractivity contribution >= 4 is 56.1 Å². The number of ether oxygens (including phenoxy) is 4. The fraction of sp³-hybridized carbons (Fsp3) is 0.250. The average Bonchev–Trinajstić information content (AvgIpc) is 3.30. The highest BCUT2D eigenvalue weighted by Gasteiger charge is 2.33. The minimum Gasteiger partial charge on any atom is -0.496 e. The Morgan fingerprint density at radius 2 is 1.79 bits per heavy atom. The summed E-state index contributed by atoms with van der Waals surface area (Å²) in [5.41, 5.74) is 1.73. The molecule has 4 aromatic rings. The number of hydrogen-bond donors (Lipinski definition) is 0. The summed E-state index contributed by atoms with van der Waals surface area (Å²) in [5.74, 6) is 0.00439. The summed E-state index contributed by atoms with van der Waals surface area (Å²) in [7, 11) is 1.56. The molecule has 0 spiro atoms. The summed E-state index contributed by atoms with van der Waals surface area (Å²) >= 11 is 4.74. The van der Waals surface area contributed by atoms with Crippen LogP contribution in [0.5, 0.6) is 11.5 Å². The normalized spacial score (nSPS) is 14.7. The van der Waals surface area contributed by atoms with Crippen molar-refractivity contribution in [1.82, 2.24) is 4.57 Å². The topological polar surface area (TPSA) is 105 Å². The van der Waals surface area contributed by atoms with Gasteiger partial charge in [-0.25, -0.2) is 14.6 Å². The maximum atomic E-state index is 14.2. The fourth-order valence-electron chi connectivity index (χ4n) is 4.98. The van der Waals surface area contributed by atoms with Crippen molar-refractivity contribution < 1.29 is 28.5 Å². The van der Waals surface area contributed by atoms with E-state index in [4.69, 9.17) is 18.9 Å². The van der Waals surface area contributed by atoms with Crippen LogP contribution >= 0.6 is 27.3 Å². The second-order valence-corrected chi connectivity index (χ2v) is 11.4. The van der Waals surface area contributed by atoms with Gasteiger partial charge in [0.1, 0.15) is 11.5 Å². The highest BCUT2D eigenvalue weighted by molar-refractivity contribution is 9.10. The first kappa shape index (κ1) is 30.2. The standard InChI is InChI=1S/C32H29BrN2O7S/c1-5-40-27(36)17-42-24-13-11-19-9-7-8-10-21(19)22(24)16-26-30(37)35-29(20-12-14-25(39-4)23(33)15-20)28(31(38)41-6-2)18(3)34-32(35)43-26/h7-16,29H,5-6,17H2,1-4H3/b26-16-. The molecule has 11 heteroatoms. The second-order valence-electron chi connectivity index (χ2n) is 9.49. The van der Waals surface area contributed by atoms with E-state index in [1.54, 1.807) is 46.1 Å². The molecule has 1 unspecified atom stereocenters. The number of carbonyl (C=O) groups is 2. The predicted octanol–water partition coefficient (Wildman–Crippen LogP) is 4.66. The van der Waals surface area contributed by atoms with Crippen molar-refractivity contribution in [2.75, 3.05) is 26.9 Å². The van der Waals surface area contributed by atoms with Gasteiger partial charge in [-0.15, -0.1) is 0 Å². The van der Waals surface area contributed by atoms with Gasteiger partial charge in [0.25, 0.3) is 5.56 Å². The van der Waals surface area contributed by atoms with E-state index in [1.807, 2.05) is 42.5 Å². The minimum atomic E-state index is -0.785. The van der Waals surface area contributed by atoms with E-state index < -0.39 is 18.0 Å². The Morgan fingerprint density at radius 1 is 1.05 bits per heavy atom. The first-order chi connectivity index (χ1) is 20.8. The average molecular weight is 666 g/mol. The number of rotatable bonds is 9. The van der Waals surface area contributed by atoms with Crippen LogP contribution in [0.15, 0.2) is 80.1 Å². The van der Waals surface area contributed by atoms with Gasteiger partial charge >= 0.3 is 11.9 Å². The number of benzene rings is 3. The van der Waals surface area contributed by atoms with Crippen LogP contribution in [0.25, 0.3) is 16.8 Å². The van der Waals surface area contributed by atoms with Crippen LogP contribution in [-0.4, -0.2) is 43.4 Å². The van der Waals surface area contributed by atoms with Crippen LogP contribution in [-0.2, 0) is 19.1 Å². The summed E-state index contributed by atoms with van der Waals surface area (Å²) in [4.78, 5) is 44.6. The molecule has 0 saturated carbocycles. The summed E-state index contributed by atoms with van der Waals surface area (Å²) < 4.78 is 24.3. The van der Waals surface area contributed by atoms with Gasteiger partial charge in [0, 0.05) is 5.56 Å². The van der Waals surface area contributed by atoms with E-state index >= 15 is 0 Å². The first-order valence-corrected chi connectivity index (χ1v) is 15.2. The Morgan fingerprint density at radius 3 is 2.51 bits per heavy atom. The van der Waals surface area contributed by atoms with E-state index in [2.05, 4.69) is 20.9 Å². The highest BCUT2D eigenvalue weighted by atomic mass is 79.9.